The smallest absolute Gasteiger partial charge is 0.138 e. The quantitative estimate of drug-likeness (QED) is 0.846. The van der Waals surface area contributed by atoms with Crippen LogP contribution in [0.1, 0.15) is 13.3 Å². The predicted molar refractivity (Wildman–Crippen MR) is 73.5 cm³/mol. The van der Waals surface area contributed by atoms with Crippen molar-refractivity contribution in [3.63, 3.8) is 0 Å². The first-order chi connectivity index (χ1) is 8.56. The topological polar surface area (TPSA) is 41.5 Å². The van der Waals surface area contributed by atoms with E-state index < -0.39 is 6.10 Å². The lowest BCUT2D eigenvalue weighted by Crippen LogP contribution is -2.33. The van der Waals surface area contributed by atoms with E-state index in [1.165, 1.54) is 6.42 Å². The molecule has 1 aromatic carbocycles. The van der Waals surface area contributed by atoms with Crippen molar-refractivity contribution in [2.24, 2.45) is 5.92 Å². The van der Waals surface area contributed by atoms with Gasteiger partial charge in [0.2, 0.25) is 0 Å². The van der Waals surface area contributed by atoms with Crippen LogP contribution < -0.4 is 10.1 Å². The first kappa shape index (κ1) is 13.9. The molecule has 2 rings (SSSR count). The third-order valence-electron chi connectivity index (χ3n) is 3.05. The number of aliphatic hydroxyl groups is 1. The molecule has 0 aliphatic heterocycles. The van der Waals surface area contributed by atoms with Gasteiger partial charge in [-0.25, -0.2) is 0 Å². The SMILES string of the molecule is CC1CC1NCC(O)COc1ccc(Cl)cc1Cl. The Kier molecular flexibility index (Phi) is 4.73. The first-order valence-corrected chi connectivity index (χ1v) is 6.81. The molecule has 18 heavy (non-hydrogen) atoms. The maximum Gasteiger partial charge on any atom is 0.138 e. The molecular weight excluding hydrogens is 273 g/mol. The highest BCUT2D eigenvalue weighted by molar-refractivity contribution is 6.35. The second kappa shape index (κ2) is 6.11. The molecule has 1 fully saturated rings. The third kappa shape index (κ3) is 4.02. The molecule has 3 atom stereocenters. The molecule has 100 valence electrons. The van der Waals surface area contributed by atoms with Crippen molar-refractivity contribution in [1.82, 2.24) is 5.32 Å². The van der Waals surface area contributed by atoms with E-state index in [-0.39, 0.29) is 6.61 Å². The van der Waals surface area contributed by atoms with Crippen LogP contribution in [0.4, 0.5) is 0 Å². The summed E-state index contributed by atoms with van der Waals surface area (Å²) in [5, 5.41) is 14.1. The van der Waals surface area contributed by atoms with Crippen LogP contribution in [0, 0.1) is 5.92 Å². The Morgan fingerprint density at radius 2 is 2.22 bits per heavy atom. The number of nitrogens with one attached hydrogen (secondary N) is 1. The van der Waals surface area contributed by atoms with E-state index in [1.54, 1.807) is 18.2 Å². The van der Waals surface area contributed by atoms with E-state index in [2.05, 4.69) is 12.2 Å². The van der Waals surface area contributed by atoms with Crippen LogP contribution in [0.3, 0.4) is 0 Å². The fourth-order valence-electron chi connectivity index (χ4n) is 1.73. The lowest BCUT2D eigenvalue weighted by Gasteiger charge is -2.14. The summed E-state index contributed by atoms with van der Waals surface area (Å²) in [5.74, 6) is 1.27. The van der Waals surface area contributed by atoms with Gasteiger partial charge in [-0.3, -0.25) is 0 Å². The molecule has 1 aliphatic rings. The highest BCUT2D eigenvalue weighted by Gasteiger charge is 2.32. The molecule has 0 spiro atoms. The Balaban J connectivity index is 1.72. The number of hydrogen-bond donors (Lipinski definition) is 2. The fourth-order valence-corrected chi connectivity index (χ4v) is 2.19. The molecule has 3 unspecified atom stereocenters. The summed E-state index contributed by atoms with van der Waals surface area (Å²) in [5.41, 5.74) is 0. The first-order valence-electron chi connectivity index (χ1n) is 6.05. The van der Waals surface area contributed by atoms with Crippen LogP contribution in [0.5, 0.6) is 5.75 Å². The van der Waals surface area contributed by atoms with Crippen LogP contribution in [-0.2, 0) is 0 Å². The molecular formula is C13H17Cl2NO2. The van der Waals surface area contributed by atoms with Crippen molar-refractivity contribution in [3.05, 3.63) is 28.2 Å². The normalized spacial score (nSPS) is 23.8. The Labute approximate surface area is 117 Å². The van der Waals surface area contributed by atoms with Crippen molar-refractivity contribution < 1.29 is 9.84 Å². The second-order valence-electron chi connectivity index (χ2n) is 4.77. The highest BCUT2D eigenvalue weighted by Crippen LogP contribution is 2.29. The molecule has 0 bridgehead atoms. The summed E-state index contributed by atoms with van der Waals surface area (Å²) >= 11 is 11.7. The van der Waals surface area contributed by atoms with Gasteiger partial charge in [0.15, 0.2) is 0 Å². The van der Waals surface area contributed by atoms with E-state index >= 15 is 0 Å². The van der Waals surface area contributed by atoms with E-state index in [0.717, 1.165) is 5.92 Å². The zero-order valence-electron chi connectivity index (χ0n) is 10.2. The third-order valence-corrected chi connectivity index (χ3v) is 3.58. The van der Waals surface area contributed by atoms with Crippen LogP contribution in [-0.4, -0.2) is 30.4 Å². The highest BCUT2D eigenvalue weighted by atomic mass is 35.5. The van der Waals surface area contributed by atoms with Gasteiger partial charge in [0.25, 0.3) is 0 Å². The average Bonchev–Trinajstić information content (AvgIpc) is 3.01. The lowest BCUT2D eigenvalue weighted by molar-refractivity contribution is 0.106. The molecule has 0 saturated heterocycles. The maximum absolute atomic E-state index is 9.76. The number of aliphatic hydroxyl groups excluding tert-OH is 1. The molecule has 0 aromatic heterocycles. The summed E-state index contributed by atoms with van der Waals surface area (Å²) in [6, 6.07) is 5.58. The molecule has 2 N–H and O–H groups in total. The molecule has 1 saturated carbocycles. The number of ether oxygens (including phenoxy) is 1. The number of rotatable bonds is 6. The maximum atomic E-state index is 9.76. The summed E-state index contributed by atoms with van der Waals surface area (Å²) in [4.78, 5) is 0. The number of hydrogen-bond acceptors (Lipinski definition) is 3. The zero-order valence-corrected chi connectivity index (χ0v) is 11.7. The average molecular weight is 290 g/mol. The minimum Gasteiger partial charge on any atom is -0.489 e. The van der Waals surface area contributed by atoms with Crippen molar-refractivity contribution >= 4 is 23.2 Å². The Hall–Kier alpha value is -0.480. The van der Waals surface area contributed by atoms with Gasteiger partial charge in [0.1, 0.15) is 18.5 Å². The van der Waals surface area contributed by atoms with Gasteiger partial charge in [-0.05, 0) is 30.5 Å². The Bertz CT molecular complexity index is 414. The lowest BCUT2D eigenvalue weighted by atomic mass is 10.3. The largest absolute Gasteiger partial charge is 0.489 e. The summed E-state index contributed by atoms with van der Waals surface area (Å²) in [6.07, 6.45) is 0.654. The minimum atomic E-state index is -0.537. The van der Waals surface area contributed by atoms with Gasteiger partial charge in [0, 0.05) is 17.6 Å². The zero-order chi connectivity index (χ0) is 13.1. The van der Waals surface area contributed by atoms with E-state index in [1.807, 2.05) is 0 Å². The van der Waals surface area contributed by atoms with Gasteiger partial charge < -0.3 is 15.2 Å². The number of benzene rings is 1. The van der Waals surface area contributed by atoms with Gasteiger partial charge in [-0.15, -0.1) is 0 Å². The summed E-state index contributed by atoms with van der Waals surface area (Å²) < 4.78 is 5.45. The van der Waals surface area contributed by atoms with E-state index in [4.69, 9.17) is 27.9 Å². The van der Waals surface area contributed by atoms with Crippen LogP contribution in [0.2, 0.25) is 10.0 Å². The van der Waals surface area contributed by atoms with E-state index in [0.29, 0.717) is 28.4 Å². The molecule has 0 heterocycles. The van der Waals surface area contributed by atoms with Gasteiger partial charge in [-0.2, -0.15) is 0 Å². The second-order valence-corrected chi connectivity index (χ2v) is 5.61. The molecule has 1 aromatic rings. The van der Waals surface area contributed by atoms with Crippen molar-refractivity contribution in [2.45, 2.75) is 25.5 Å². The van der Waals surface area contributed by atoms with Crippen molar-refractivity contribution in [2.75, 3.05) is 13.2 Å². The van der Waals surface area contributed by atoms with Crippen molar-refractivity contribution in [1.29, 1.82) is 0 Å². The summed E-state index contributed by atoms with van der Waals surface area (Å²) in [7, 11) is 0. The van der Waals surface area contributed by atoms with Gasteiger partial charge in [-0.1, -0.05) is 30.1 Å². The Morgan fingerprint density at radius 1 is 1.50 bits per heavy atom. The molecule has 0 amide bonds. The standard InChI is InChI=1S/C13H17Cl2NO2/c1-8-4-12(8)16-6-10(17)7-18-13-3-2-9(14)5-11(13)15/h2-3,5,8,10,12,16-17H,4,6-7H2,1H3. The van der Waals surface area contributed by atoms with Crippen LogP contribution in [0.25, 0.3) is 0 Å². The minimum absolute atomic E-state index is 0.218. The Morgan fingerprint density at radius 3 is 2.83 bits per heavy atom. The fraction of sp³-hybridized carbons (Fsp3) is 0.538. The monoisotopic (exact) mass is 289 g/mol. The molecule has 3 nitrogen and oxygen atoms in total. The summed E-state index contributed by atoms with van der Waals surface area (Å²) in [6.45, 7) is 2.95. The predicted octanol–water partition coefficient (Wildman–Crippen LogP) is 2.73. The van der Waals surface area contributed by atoms with Gasteiger partial charge in [0.05, 0.1) is 5.02 Å². The molecule has 1 aliphatic carbocycles. The molecule has 5 heteroatoms. The van der Waals surface area contributed by atoms with Crippen LogP contribution in [0.15, 0.2) is 18.2 Å². The van der Waals surface area contributed by atoms with Crippen molar-refractivity contribution in [3.8, 4) is 5.75 Å². The van der Waals surface area contributed by atoms with Crippen LogP contribution >= 0.6 is 23.2 Å². The molecule has 0 radical (unpaired) electrons. The van der Waals surface area contributed by atoms with E-state index in [9.17, 15) is 5.11 Å². The number of halogens is 2. The van der Waals surface area contributed by atoms with Gasteiger partial charge >= 0.3 is 0 Å².